The maximum Gasteiger partial charge on any atom is 0.227 e. The van der Waals surface area contributed by atoms with E-state index in [1.807, 2.05) is 6.07 Å². The molecule has 0 saturated heterocycles. The Bertz CT molecular complexity index is 704. The Balaban J connectivity index is 2.18. The van der Waals surface area contributed by atoms with Gasteiger partial charge in [0.15, 0.2) is 5.82 Å². The van der Waals surface area contributed by atoms with E-state index in [1.54, 1.807) is 0 Å². The van der Waals surface area contributed by atoms with Crippen LogP contribution in [0.25, 0.3) is 11.4 Å². The highest BCUT2D eigenvalue weighted by Crippen LogP contribution is 2.44. The molecule has 0 atom stereocenters. The number of nitriles is 1. The molecule has 2 aromatic heterocycles. The SMILES string of the molecule is COc1ncnc(C2CC2)c1-c1ncc(C#N)c(N)n1. The van der Waals surface area contributed by atoms with Crippen LogP contribution < -0.4 is 10.5 Å². The maximum atomic E-state index is 8.87. The van der Waals surface area contributed by atoms with Gasteiger partial charge >= 0.3 is 0 Å². The monoisotopic (exact) mass is 268 g/mol. The number of aromatic nitrogens is 4. The Morgan fingerprint density at radius 2 is 2.15 bits per heavy atom. The van der Waals surface area contributed by atoms with Gasteiger partial charge in [0.05, 0.1) is 19.0 Å². The molecule has 1 saturated carbocycles. The molecule has 3 rings (SSSR count). The smallest absolute Gasteiger partial charge is 0.227 e. The zero-order valence-electron chi connectivity index (χ0n) is 10.9. The van der Waals surface area contributed by atoms with Crippen molar-refractivity contribution in [1.82, 2.24) is 19.9 Å². The van der Waals surface area contributed by atoms with Crippen molar-refractivity contribution in [3.8, 4) is 23.3 Å². The Hall–Kier alpha value is -2.75. The van der Waals surface area contributed by atoms with Crippen molar-refractivity contribution in [2.45, 2.75) is 18.8 Å². The molecule has 1 aliphatic rings. The standard InChI is InChI=1S/C13H12N6O/c1-20-13-9(10(7-2-3-7)17-6-18-13)12-16-5-8(4-14)11(15)19-12/h5-7H,2-3H2,1H3,(H2,15,16,19). The molecule has 2 heterocycles. The topological polar surface area (TPSA) is 111 Å². The minimum absolute atomic E-state index is 0.144. The van der Waals surface area contributed by atoms with E-state index in [0.29, 0.717) is 23.2 Å². The molecule has 2 N–H and O–H groups in total. The fourth-order valence-corrected chi connectivity index (χ4v) is 2.02. The average molecular weight is 268 g/mol. The quantitative estimate of drug-likeness (QED) is 0.892. The highest BCUT2D eigenvalue weighted by atomic mass is 16.5. The summed E-state index contributed by atoms with van der Waals surface area (Å²) in [4.78, 5) is 16.8. The third kappa shape index (κ3) is 2.01. The van der Waals surface area contributed by atoms with Crippen molar-refractivity contribution in [3.63, 3.8) is 0 Å². The summed E-state index contributed by atoms with van der Waals surface area (Å²) in [5.41, 5.74) is 7.53. The van der Waals surface area contributed by atoms with E-state index in [2.05, 4.69) is 19.9 Å². The van der Waals surface area contributed by atoms with Gasteiger partial charge in [-0.2, -0.15) is 5.26 Å². The van der Waals surface area contributed by atoms with E-state index in [9.17, 15) is 0 Å². The molecular formula is C13H12N6O. The average Bonchev–Trinajstić information content (AvgIpc) is 3.31. The van der Waals surface area contributed by atoms with Gasteiger partial charge in [-0.05, 0) is 12.8 Å². The fourth-order valence-electron chi connectivity index (χ4n) is 2.02. The van der Waals surface area contributed by atoms with Crippen molar-refractivity contribution in [2.24, 2.45) is 0 Å². The van der Waals surface area contributed by atoms with Crippen LogP contribution in [-0.4, -0.2) is 27.0 Å². The summed E-state index contributed by atoms with van der Waals surface area (Å²) in [6.07, 6.45) is 5.04. The molecule has 0 radical (unpaired) electrons. The van der Waals surface area contributed by atoms with Crippen LogP contribution in [0, 0.1) is 11.3 Å². The van der Waals surface area contributed by atoms with Gasteiger partial charge in [0.25, 0.3) is 0 Å². The summed E-state index contributed by atoms with van der Waals surface area (Å²) in [5, 5.41) is 8.87. The van der Waals surface area contributed by atoms with E-state index in [1.165, 1.54) is 19.6 Å². The minimum Gasteiger partial charge on any atom is -0.480 e. The number of nitrogens with two attached hydrogens (primary N) is 1. The molecule has 0 amide bonds. The molecule has 0 bridgehead atoms. The number of methoxy groups -OCH3 is 1. The number of hydrogen-bond donors (Lipinski definition) is 1. The molecule has 7 nitrogen and oxygen atoms in total. The molecule has 0 aliphatic heterocycles. The van der Waals surface area contributed by atoms with Crippen molar-refractivity contribution < 1.29 is 4.74 Å². The number of ether oxygens (including phenoxy) is 1. The lowest BCUT2D eigenvalue weighted by molar-refractivity contribution is 0.397. The van der Waals surface area contributed by atoms with Gasteiger partial charge in [-0.25, -0.2) is 19.9 Å². The second-order valence-corrected chi connectivity index (χ2v) is 4.52. The van der Waals surface area contributed by atoms with Gasteiger partial charge in [-0.15, -0.1) is 0 Å². The van der Waals surface area contributed by atoms with Crippen LogP contribution in [-0.2, 0) is 0 Å². The molecule has 100 valence electrons. The van der Waals surface area contributed by atoms with Gasteiger partial charge < -0.3 is 10.5 Å². The second kappa shape index (κ2) is 4.74. The third-order valence-electron chi connectivity index (χ3n) is 3.16. The third-order valence-corrected chi connectivity index (χ3v) is 3.16. The van der Waals surface area contributed by atoms with Crippen LogP contribution in [0.4, 0.5) is 5.82 Å². The molecule has 7 heteroatoms. The molecule has 0 spiro atoms. The lowest BCUT2D eigenvalue weighted by atomic mass is 10.1. The van der Waals surface area contributed by atoms with Gasteiger partial charge in [0, 0.05) is 5.92 Å². The van der Waals surface area contributed by atoms with Crippen molar-refractivity contribution >= 4 is 5.82 Å². The van der Waals surface area contributed by atoms with Crippen LogP contribution in [0.2, 0.25) is 0 Å². The van der Waals surface area contributed by atoms with E-state index < -0.39 is 0 Å². The van der Waals surface area contributed by atoms with E-state index in [0.717, 1.165) is 18.5 Å². The van der Waals surface area contributed by atoms with Crippen LogP contribution in [0.15, 0.2) is 12.5 Å². The predicted octanol–water partition coefficient (Wildman–Crippen LogP) is 1.27. The van der Waals surface area contributed by atoms with Gasteiger partial charge in [0.1, 0.15) is 29.3 Å². The first kappa shape index (κ1) is 12.3. The highest BCUT2D eigenvalue weighted by Gasteiger charge is 2.31. The molecule has 0 unspecified atom stereocenters. The zero-order valence-corrected chi connectivity index (χ0v) is 10.9. The summed E-state index contributed by atoms with van der Waals surface area (Å²) in [6, 6.07) is 1.94. The summed E-state index contributed by atoms with van der Waals surface area (Å²) >= 11 is 0. The molecular weight excluding hydrogens is 256 g/mol. The van der Waals surface area contributed by atoms with E-state index >= 15 is 0 Å². The Morgan fingerprint density at radius 1 is 1.35 bits per heavy atom. The second-order valence-electron chi connectivity index (χ2n) is 4.52. The first-order valence-electron chi connectivity index (χ1n) is 6.16. The van der Waals surface area contributed by atoms with E-state index in [-0.39, 0.29) is 11.4 Å². The Kier molecular flexibility index (Phi) is 2.91. The number of hydrogen-bond acceptors (Lipinski definition) is 7. The van der Waals surface area contributed by atoms with Crippen molar-refractivity contribution in [3.05, 3.63) is 23.8 Å². The molecule has 1 fully saturated rings. The van der Waals surface area contributed by atoms with Gasteiger partial charge in [-0.1, -0.05) is 0 Å². The predicted molar refractivity (Wildman–Crippen MR) is 70.7 cm³/mol. The number of nitrogens with zero attached hydrogens (tertiary/aromatic N) is 5. The Labute approximate surface area is 115 Å². The minimum atomic E-state index is 0.144. The van der Waals surface area contributed by atoms with Crippen molar-refractivity contribution in [1.29, 1.82) is 5.26 Å². The number of anilines is 1. The first-order chi connectivity index (χ1) is 9.74. The lowest BCUT2D eigenvalue weighted by Crippen LogP contribution is -2.04. The van der Waals surface area contributed by atoms with Crippen LogP contribution in [0.3, 0.4) is 0 Å². The largest absolute Gasteiger partial charge is 0.480 e. The van der Waals surface area contributed by atoms with Gasteiger partial charge in [-0.3, -0.25) is 0 Å². The zero-order chi connectivity index (χ0) is 14.1. The summed E-state index contributed by atoms with van der Waals surface area (Å²) in [6.45, 7) is 0. The van der Waals surface area contributed by atoms with E-state index in [4.69, 9.17) is 15.7 Å². The Morgan fingerprint density at radius 3 is 2.75 bits per heavy atom. The number of nitrogen functional groups attached to an aromatic ring is 1. The first-order valence-corrected chi connectivity index (χ1v) is 6.16. The summed E-state index contributed by atoms with van der Waals surface area (Å²) in [5.74, 6) is 1.35. The van der Waals surface area contributed by atoms with Crippen LogP contribution in [0.1, 0.15) is 30.0 Å². The molecule has 1 aliphatic carbocycles. The van der Waals surface area contributed by atoms with Gasteiger partial charge in [0.2, 0.25) is 5.88 Å². The summed E-state index contributed by atoms with van der Waals surface area (Å²) in [7, 11) is 1.54. The fraction of sp³-hybridized carbons (Fsp3) is 0.308. The maximum absolute atomic E-state index is 8.87. The van der Waals surface area contributed by atoms with Crippen LogP contribution >= 0.6 is 0 Å². The molecule has 2 aromatic rings. The highest BCUT2D eigenvalue weighted by molar-refractivity contribution is 5.67. The summed E-state index contributed by atoms with van der Waals surface area (Å²) < 4.78 is 5.28. The lowest BCUT2D eigenvalue weighted by Gasteiger charge is -2.10. The van der Waals surface area contributed by atoms with Crippen molar-refractivity contribution in [2.75, 3.05) is 12.8 Å². The van der Waals surface area contributed by atoms with Crippen LogP contribution in [0.5, 0.6) is 5.88 Å². The number of rotatable bonds is 3. The normalized spacial score (nSPS) is 13.8. The molecule has 20 heavy (non-hydrogen) atoms. The molecule has 0 aromatic carbocycles.